The van der Waals surface area contributed by atoms with Crippen LogP contribution in [0.4, 0.5) is 4.79 Å². The van der Waals surface area contributed by atoms with E-state index in [2.05, 4.69) is 23.1 Å². The first kappa shape index (κ1) is 13.7. The van der Waals surface area contributed by atoms with Crippen molar-refractivity contribution in [3.63, 3.8) is 0 Å². The molecule has 3 nitrogen and oxygen atoms in total. The first-order chi connectivity index (χ1) is 7.61. The van der Waals surface area contributed by atoms with Crippen molar-refractivity contribution in [2.75, 3.05) is 24.8 Å². The zero-order valence-corrected chi connectivity index (χ0v) is 11.6. The number of nitrogens with one attached hydrogen (secondary N) is 2. The Morgan fingerprint density at radius 1 is 1.25 bits per heavy atom. The van der Waals surface area contributed by atoms with Crippen LogP contribution in [0.15, 0.2) is 0 Å². The number of thiol groups is 1. The lowest BCUT2D eigenvalue weighted by molar-refractivity contribution is 0.229. The average molecular weight is 246 g/mol. The van der Waals surface area contributed by atoms with Gasteiger partial charge in [0.05, 0.1) is 0 Å². The third kappa shape index (κ3) is 5.10. The minimum atomic E-state index is -0.000755. The summed E-state index contributed by atoms with van der Waals surface area (Å²) in [6.07, 6.45) is 9.61. The Labute approximate surface area is 102 Å². The summed E-state index contributed by atoms with van der Waals surface area (Å²) in [5, 5.41) is 5.84. The largest absolute Gasteiger partial charge is 0.338 e. The quantitative estimate of drug-likeness (QED) is 0.654. The van der Waals surface area contributed by atoms with Gasteiger partial charge in [-0.1, -0.05) is 0 Å². The van der Waals surface area contributed by atoms with E-state index in [9.17, 15) is 4.79 Å². The monoisotopic (exact) mass is 246 g/mol. The Balaban J connectivity index is 2.19. The van der Waals surface area contributed by atoms with Crippen molar-refractivity contribution in [2.24, 2.45) is 5.92 Å². The molecule has 1 saturated carbocycles. The number of hydrogen-bond donors (Lipinski definition) is 3. The molecule has 0 heterocycles. The zero-order chi connectivity index (χ0) is 12.0. The van der Waals surface area contributed by atoms with Crippen LogP contribution in [0.5, 0.6) is 0 Å². The highest BCUT2D eigenvalue weighted by atomic mass is 32.2. The second kappa shape index (κ2) is 7.05. The molecule has 0 unspecified atom stereocenters. The minimum Gasteiger partial charge on any atom is -0.338 e. The van der Waals surface area contributed by atoms with Crippen molar-refractivity contribution in [3.8, 4) is 0 Å². The van der Waals surface area contributed by atoms with E-state index in [1.54, 1.807) is 0 Å². The molecule has 2 N–H and O–H groups in total. The second-order valence-electron chi connectivity index (χ2n) is 4.98. The van der Waals surface area contributed by atoms with Crippen molar-refractivity contribution < 1.29 is 4.79 Å². The topological polar surface area (TPSA) is 41.1 Å². The molecule has 0 atom stereocenters. The molecule has 1 aliphatic carbocycles. The zero-order valence-electron chi connectivity index (χ0n) is 10.8. The molecule has 96 valence electrons. The summed E-state index contributed by atoms with van der Waals surface area (Å²) < 4.78 is 0. The SMILES string of the molecule is CCNC(=O)N[C@H]1CC[C@H](C[SH](C)C)CC1. The fraction of sp³-hybridized carbons (Fsp3) is 0.917. The highest BCUT2D eigenvalue weighted by molar-refractivity contribution is 8.15. The van der Waals surface area contributed by atoms with Crippen molar-refractivity contribution in [2.45, 2.75) is 38.6 Å². The van der Waals surface area contributed by atoms with Gasteiger partial charge in [-0.2, -0.15) is 0 Å². The fourth-order valence-corrected chi connectivity index (χ4v) is 3.80. The van der Waals surface area contributed by atoms with Gasteiger partial charge in [-0.25, -0.2) is 4.79 Å². The molecule has 0 radical (unpaired) electrons. The highest BCUT2D eigenvalue weighted by Crippen LogP contribution is 2.30. The Kier molecular flexibility index (Phi) is 6.03. The van der Waals surface area contributed by atoms with Crippen LogP contribution in [0.3, 0.4) is 0 Å². The Morgan fingerprint density at radius 3 is 2.38 bits per heavy atom. The van der Waals surface area contributed by atoms with E-state index in [0.29, 0.717) is 12.6 Å². The molecule has 0 bridgehead atoms. The highest BCUT2D eigenvalue weighted by Gasteiger charge is 2.22. The maximum absolute atomic E-state index is 11.4. The predicted molar refractivity (Wildman–Crippen MR) is 73.7 cm³/mol. The van der Waals surface area contributed by atoms with Crippen LogP contribution < -0.4 is 10.6 Å². The third-order valence-corrected chi connectivity index (χ3v) is 4.39. The third-order valence-electron chi connectivity index (χ3n) is 3.14. The number of rotatable bonds is 4. The summed E-state index contributed by atoms with van der Waals surface area (Å²) in [6, 6.07) is 0.405. The lowest BCUT2D eigenvalue weighted by atomic mass is 9.87. The van der Waals surface area contributed by atoms with E-state index in [0.717, 1.165) is 18.8 Å². The molecule has 0 saturated heterocycles. The summed E-state index contributed by atoms with van der Waals surface area (Å²) >= 11 is 0. The standard InChI is InChI=1S/C12H26N2OS/c1-4-13-12(15)14-11-7-5-10(6-8-11)9-16(2)3/h10-11,16H,4-9H2,1-3H3,(H2,13,14,15)/t10-,11-. The smallest absolute Gasteiger partial charge is 0.314 e. The summed E-state index contributed by atoms with van der Waals surface area (Å²) in [4.78, 5) is 11.4. The van der Waals surface area contributed by atoms with Crippen LogP contribution in [-0.4, -0.2) is 36.9 Å². The first-order valence-corrected chi connectivity index (χ1v) is 8.73. The molecule has 1 aliphatic rings. The van der Waals surface area contributed by atoms with Gasteiger partial charge in [-0.05, 0) is 56.8 Å². The van der Waals surface area contributed by atoms with Gasteiger partial charge in [0.2, 0.25) is 0 Å². The predicted octanol–water partition coefficient (Wildman–Crippen LogP) is 2.13. The fourth-order valence-electron chi connectivity index (χ4n) is 2.40. The molecular weight excluding hydrogens is 220 g/mol. The van der Waals surface area contributed by atoms with Gasteiger partial charge < -0.3 is 10.6 Å². The number of amides is 2. The Bertz CT molecular complexity index is 213. The lowest BCUT2D eigenvalue weighted by Crippen LogP contribution is -2.43. The van der Waals surface area contributed by atoms with Gasteiger partial charge >= 0.3 is 6.03 Å². The summed E-state index contributed by atoms with van der Waals surface area (Å²) in [5.41, 5.74) is 0. The van der Waals surface area contributed by atoms with Crippen LogP contribution in [0.1, 0.15) is 32.6 Å². The number of urea groups is 1. The number of hydrogen-bond acceptors (Lipinski definition) is 1. The summed E-state index contributed by atoms with van der Waals surface area (Å²) in [6.45, 7) is 2.65. The van der Waals surface area contributed by atoms with E-state index in [1.807, 2.05) is 6.92 Å². The van der Waals surface area contributed by atoms with Gasteiger partial charge in [-0.3, -0.25) is 10.9 Å². The van der Waals surface area contributed by atoms with Gasteiger partial charge in [0, 0.05) is 12.6 Å². The molecule has 0 aromatic heterocycles. The van der Waals surface area contributed by atoms with Crippen LogP contribution in [0.2, 0.25) is 0 Å². The molecule has 4 heteroatoms. The van der Waals surface area contributed by atoms with Crippen molar-refractivity contribution in [1.29, 1.82) is 0 Å². The first-order valence-electron chi connectivity index (χ1n) is 6.31. The molecule has 2 amide bonds. The van der Waals surface area contributed by atoms with E-state index >= 15 is 0 Å². The molecule has 1 fully saturated rings. The van der Waals surface area contributed by atoms with Crippen LogP contribution in [-0.2, 0) is 0 Å². The Hall–Kier alpha value is -0.380. The van der Waals surface area contributed by atoms with Crippen LogP contribution >= 0.6 is 10.9 Å². The maximum atomic E-state index is 11.4. The normalized spacial score (nSPS) is 26.1. The molecular formula is C12H26N2OS. The molecule has 16 heavy (non-hydrogen) atoms. The maximum Gasteiger partial charge on any atom is 0.314 e. The lowest BCUT2D eigenvalue weighted by Gasteiger charge is -2.30. The van der Waals surface area contributed by atoms with Gasteiger partial charge in [-0.15, -0.1) is 0 Å². The molecule has 0 aliphatic heterocycles. The number of carbonyl (C=O) groups excluding carboxylic acids is 1. The van der Waals surface area contributed by atoms with Gasteiger partial charge in [0.15, 0.2) is 0 Å². The molecule has 0 aromatic carbocycles. The van der Waals surface area contributed by atoms with Crippen molar-refractivity contribution >= 4 is 16.9 Å². The van der Waals surface area contributed by atoms with Crippen LogP contribution in [0, 0.1) is 5.92 Å². The van der Waals surface area contributed by atoms with E-state index in [1.165, 1.54) is 18.6 Å². The van der Waals surface area contributed by atoms with E-state index in [-0.39, 0.29) is 16.9 Å². The second-order valence-corrected chi connectivity index (χ2v) is 7.51. The molecule has 0 spiro atoms. The van der Waals surface area contributed by atoms with Crippen molar-refractivity contribution in [3.05, 3.63) is 0 Å². The number of carbonyl (C=O) groups is 1. The van der Waals surface area contributed by atoms with E-state index < -0.39 is 0 Å². The Morgan fingerprint density at radius 2 is 1.88 bits per heavy atom. The summed E-state index contributed by atoms with van der Waals surface area (Å²) in [5.74, 6) is 2.32. The molecule has 1 rings (SSSR count). The summed E-state index contributed by atoms with van der Waals surface area (Å²) in [7, 11) is 0.240. The van der Waals surface area contributed by atoms with Crippen LogP contribution in [0.25, 0.3) is 0 Å². The average Bonchev–Trinajstić information content (AvgIpc) is 2.20. The minimum absolute atomic E-state index is 0.000755. The molecule has 0 aromatic rings. The van der Waals surface area contributed by atoms with Crippen molar-refractivity contribution in [1.82, 2.24) is 10.6 Å². The van der Waals surface area contributed by atoms with Gasteiger partial charge in [0.1, 0.15) is 0 Å². The van der Waals surface area contributed by atoms with Gasteiger partial charge in [0.25, 0.3) is 0 Å². The van der Waals surface area contributed by atoms with E-state index in [4.69, 9.17) is 0 Å².